The van der Waals surface area contributed by atoms with Crippen molar-refractivity contribution in [3.05, 3.63) is 51.2 Å². The second-order valence-electron chi connectivity index (χ2n) is 6.71. The second-order valence-corrected chi connectivity index (χ2v) is 9.57. The molecule has 1 aliphatic rings. The van der Waals surface area contributed by atoms with Gasteiger partial charge < -0.3 is 0 Å². The summed E-state index contributed by atoms with van der Waals surface area (Å²) < 4.78 is 27.9. The summed E-state index contributed by atoms with van der Waals surface area (Å²) in [4.78, 5) is 3.49. The van der Waals surface area contributed by atoms with Crippen molar-refractivity contribution in [2.75, 3.05) is 26.2 Å². The molecule has 0 saturated carbocycles. The number of thiophene rings is 1. The van der Waals surface area contributed by atoms with Gasteiger partial charge in [0.05, 0.1) is 11.0 Å². The van der Waals surface area contributed by atoms with Crippen LogP contribution in [0.1, 0.15) is 27.6 Å². The average molecular weight is 390 g/mol. The van der Waals surface area contributed by atoms with E-state index in [1.54, 1.807) is 15.6 Å². The third-order valence-corrected chi connectivity index (χ3v) is 7.91. The minimum atomic E-state index is -3.52. The van der Waals surface area contributed by atoms with E-state index in [0.717, 1.165) is 21.6 Å². The highest BCUT2D eigenvalue weighted by atomic mass is 32.2. The zero-order valence-electron chi connectivity index (χ0n) is 15.3. The van der Waals surface area contributed by atoms with Crippen LogP contribution in [0, 0.1) is 32.1 Å². The highest BCUT2D eigenvalue weighted by Crippen LogP contribution is 2.29. The van der Waals surface area contributed by atoms with Crippen molar-refractivity contribution in [3.63, 3.8) is 0 Å². The van der Waals surface area contributed by atoms with Gasteiger partial charge in [0.1, 0.15) is 6.04 Å². The second kappa shape index (κ2) is 7.49. The Morgan fingerprint density at radius 1 is 1.12 bits per heavy atom. The minimum absolute atomic E-state index is 0.303. The van der Waals surface area contributed by atoms with Crippen molar-refractivity contribution in [1.82, 2.24) is 9.21 Å². The molecule has 2 aromatic rings. The summed E-state index contributed by atoms with van der Waals surface area (Å²) >= 11 is 1.56. The van der Waals surface area contributed by atoms with Gasteiger partial charge in [0.25, 0.3) is 0 Å². The zero-order chi connectivity index (χ0) is 18.9. The molecule has 0 N–H and O–H groups in total. The fourth-order valence-electron chi connectivity index (χ4n) is 3.68. The van der Waals surface area contributed by atoms with Gasteiger partial charge in [-0.1, -0.05) is 23.8 Å². The summed E-state index contributed by atoms with van der Waals surface area (Å²) in [6.07, 6.45) is 0. The number of nitrogens with zero attached hydrogens (tertiary/aromatic N) is 3. The highest BCUT2D eigenvalue weighted by Gasteiger charge is 2.33. The molecule has 0 bridgehead atoms. The Morgan fingerprint density at radius 3 is 2.23 bits per heavy atom. The first kappa shape index (κ1) is 19.1. The van der Waals surface area contributed by atoms with Gasteiger partial charge in [0.15, 0.2) is 0 Å². The van der Waals surface area contributed by atoms with Crippen LogP contribution in [0.3, 0.4) is 0 Å². The van der Waals surface area contributed by atoms with Crippen LogP contribution in [0.25, 0.3) is 0 Å². The number of rotatable bonds is 4. The number of aryl methyl sites for hydroxylation is 3. The fourth-order valence-corrected chi connectivity index (χ4v) is 6.31. The number of benzene rings is 1. The van der Waals surface area contributed by atoms with E-state index in [1.807, 2.05) is 50.4 Å². The molecule has 1 aromatic carbocycles. The lowest BCUT2D eigenvalue weighted by Gasteiger charge is -2.36. The van der Waals surface area contributed by atoms with Crippen molar-refractivity contribution in [2.24, 2.45) is 0 Å². The summed E-state index contributed by atoms with van der Waals surface area (Å²) in [5.41, 5.74) is 2.65. The third kappa shape index (κ3) is 3.55. The fraction of sp³-hybridized carbons (Fsp3) is 0.421. The Hall–Kier alpha value is -1.72. The standard InChI is InChI=1S/C19H23N3O2S2/c1-14-11-15(2)19(16(3)12-14)26(23,24)22-8-6-21(7-9-22)17(13-20)18-5-4-10-25-18/h4-5,10-12,17H,6-9H2,1-3H3. The molecule has 0 radical (unpaired) electrons. The summed E-state index contributed by atoms with van der Waals surface area (Å²) in [7, 11) is -3.52. The monoisotopic (exact) mass is 389 g/mol. The number of hydrogen-bond acceptors (Lipinski definition) is 5. The van der Waals surface area contributed by atoms with Gasteiger partial charge in [-0.2, -0.15) is 9.57 Å². The number of piperazine rings is 1. The van der Waals surface area contributed by atoms with Crippen LogP contribution in [0.5, 0.6) is 0 Å². The van der Waals surface area contributed by atoms with E-state index in [9.17, 15) is 13.7 Å². The third-order valence-electron chi connectivity index (χ3n) is 4.78. The molecule has 1 unspecified atom stereocenters. The molecule has 0 spiro atoms. The maximum atomic E-state index is 13.2. The Bertz CT molecular complexity index is 899. The average Bonchev–Trinajstić information content (AvgIpc) is 3.09. The molecule has 26 heavy (non-hydrogen) atoms. The molecule has 1 aromatic heterocycles. The molecule has 1 saturated heterocycles. The van der Waals surface area contributed by atoms with Crippen LogP contribution >= 0.6 is 11.3 Å². The van der Waals surface area contributed by atoms with Gasteiger partial charge in [-0.05, 0) is 43.3 Å². The number of nitriles is 1. The molecule has 138 valence electrons. The number of hydrogen-bond donors (Lipinski definition) is 0. The van der Waals surface area contributed by atoms with Gasteiger partial charge in [0.2, 0.25) is 10.0 Å². The summed E-state index contributed by atoms with van der Waals surface area (Å²) in [6, 6.07) is 9.78. The van der Waals surface area contributed by atoms with Crippen LogP contribution in [0.4, 0.5) is 0 Å². The van der Waals surface area contributed by atoms with E-state index >= 15 is 0 Å². The van der Waals surface area contributed by atoms with Gasteiger partial charge in [-0.15, -0.1) is 11.3 Å². The molecule has 1 atom stereocenters. The first-order valence-corrected chi connectivity index (χ1v) is 10.9. The van der Waals surface area contributed by atoms with Crippen molar-refractivity contribution in [1.29, 1.82) is 5.26 Å². The van der Waals surface area contributed by atoms with Gasteiger partial charge in [0, 0.05) is 31.1 Å². The number of sulfonamides is 1. The lowest BCUT2D eigenvalue weighted by Crippen LogP contribution is -2.49. The molecule has 5 nitrogen and oxygen atoms in total. The summed E-state index contributed by atoms with van der Waals surface area (Å²) in [5.74, 6) is 0. The molecular weight excluding hydrogens is 366 g/mol. The van der Waals surface area contributed by atoms with Crippen molar-refractivity contribution < 1.29 is 8.42 Å². The van der Waals surface area contributed by atoms with E-state index in [-0.39, 0.29) is 6.04 Å². The zero-order valence-corrected chi connectivity index (χ0v) is 16.9. The van der Waals surface area contributed by atoms with E-state index < -0.39 is 10.0 Å². The minimum Gasteiger partial charge on any atom is -0.281 e. The van der Waals surface area contributed by atoms with Crippen LogP contribution in [-0.4, -0.2) is 43.8 Å². The van der Waals surface area contributed by atoms with E-state index in [1.165, 1.54) is 0 Å². The Morgan fingerprint density at radius 2 is 1.73 bits per heavy atom. The van der Waals surface area contributed by atoms with Crippen molar-refractivity contribution in [2.45, 2.75) is 31.7 Å². The maximum Gasteiger partial charge on any atom is 0.243 e. The predicted molar refractivity (Wildman–Crippen MR) is 104 cm³/mol. The molecule has 7 heteroatoms. The molecule has 2 heterocycles. The quantitative estimate of drug-likeness (QED) is 0.805. The first-order chi connectivity index (χ1) is 12.3. The van der Waals surface area contributed by atoms with Crippen LogP contribution in [0.2, 0.25) is 0 Å². The SMILES string of the molecule is Cc1cc(C)c(S(=O)(=O)N2CCN(C(C#N)c3cccs3)CC2)c(C)c1. The summed E-state index contributed by atoms with van der Waals surface area (Å²) in [5, 5.41) is 11.5. The Balaban J connectivity index is 1.79. The van der Waals surface area contributed by atoms with Crippen LogP contribution in [-0.2, 0) is 10.0 Å². The van der Waals surface area contributed by atoms with Crippen LogP contribution < -0.4 is 0 Å². The molecule has 0 amide bonds. The van der Waals surface area contributed by atoms with Gasteiger partial charge in [-0.3, -0.25) is 4.90 Å². The topological polar surface area (TPSA) is 64.4 Å². The van der Waals surface area contributed by atoms with Gasteiger partial charge in [-0.25, -0.2) is 8.42 Å². The van der Waals surface area contributed by atoms with Crippen molar-refractivity contribution >= 4 is 21.4 Å². The lowest BCUT2D eigenvalue weighted by molar-refractivity contribution is 0.164. The summed E-state index contributed by atoms with van der Waals surface area (Å²) in [6.45, 7) is 7.59. The normalized spacial score (nSPS) is 17.8. The molecular formula is C19H23N3O2S2. The van der Waals surface area contributed by atoms with E-state index in [4.69, 9.17) is 0 Å². The maximum absolute atomic E-state index is 13.2. The molecule has 0 aliphatic carbocycles. The predicted octanol–water partition coefficient (Wildman–Crippen LogP) is 3.24. The Kier molecular flexibility index (Phi) is 5.49. The largest absolute Gasteiger partial charge is 0.281 e. The first-order valence-electron chi connectivity index (χ1n) is 8.59. The molecule has 1 aliphatic heterocycles. The highest BCUT2D eigenvalue weighted by molar-refractivity contribution is 7.89. The molecule has 1 fully saturated rings. The Labute approximate surface area is 159 Å². The lowest BCUT2D eigenvalue weighted by atomic mass is 10.1. The van der Waals surface area contributed by atoms with E-state index in [0.29, 0.717) is 31.1 Å². The molecule has 3 rings (SSSR count). The smallest absolute Gasteiger partial charge is 0.243 e. The van der Waals surface area contributed by atoms with Gasteiger partial charge >= 0.3 is 0 Å². The van der Waals surface area contributed by atoms with Crippen molar-refractivity contribution in [3.8, 4) is 6.07 Å². The van der Waals surface area contributed by atoms with E-state index in [2.05, 4.69) is 11.0 Å². The van der Waals surface area contributed by atoms with Crippen LogP contribution in [0.15, 0.2) is 34.5 Å².